The molecular formula is C11H12F3NO6S2. The Bertz CT molecular complexity index is 798. The highest BCUT2D eigenvalue weighted by atomic mass is 32.3. The predicted octanol–water partition coefficient (Wildman–Crippen LogP) is 1.06. The van der Waals surface area contributed by atoms with Crippen LogP contribution < -0.4 is 3.71 Å². The van der Waals surface area contributed by atoms with Gasteiger partial charge in [0, 0.05) is 0 Å². The quantitative estimate of drug-likeness (QED) is 0.824. The number of carboxylic acid groups (broad SMARTS) is 1. The van der Waals surface area contributed by atoms with Crippen molar-refractivity contribution in [3.05, 3.63) is 29.3 Å². The van der Waals surface area contributed by atoms with Crippen molar-refractivity contribution in [3.63, 3.8) is 0 Å². The molecular weight excluding hydrogens is 363 g/mol. The van der Waals surface area contributed by atoms with Gasteiger partial charge in [-0.3, -0.25) is 4.79 Å². The maximum atomic E-state index is 13.0. The number of anilines is 1. The van der Waals surface area contributed by atoms with Gasteiger partial charge in [-0.1, -0.05) is 6.07 Å². The molecule has 0 aliphatic heterocycles. The van der Waals surface area contributed by atoms with Crippen molar-refractivity contribution in [1.29, 1.82) is 0 Å². The lowest BCUT2D eigenvalue weighted by molar-refractivity contribution is -0.139. The van der Waals surface area contributed by atoms with Crippen LogP contribution in [0.4, 0.5) is 18.9 Å². The Morgan fingerprint density at radius 2 is 1.61 bits per heavy atom. The average Bonchev–Trinajstić information content (AvgIpc) is 2.25. The lowest BCUT2D eigenvalue weighted by Gasteiger charge is -2.22. The van der Waals surface area contributed by atoms with E-state index in [1.807, 2.05) is 0 Å². The molecule has 0 bridgehead atoms. The number of hydrogen-bond donors (Lipinski definition) is 1. The van der Waals surface area contributed by atoms with Crippen LogP contribution in [0.15, 0.2) is 18.2 Å². The van der Waals surface area contributed by atoms with E-state index in [0.29, 0.717) is 18.6 Å². The molecule has 0 aromatic heterocycles. The highest BCUT2D eigenvalue weighted by Crippen LogP contribution is 2.36. The minimum atomic E-state index is -4.98. The van der Waals surface area contributed by atoms with Crippen LogP contribution in [0.1, 0.15) is 11.1 Å². The van der Waals surface area contributed by atoms with Gasteiger partial charge in [-0.2, -0.15) is 16.9 Å². The van der Waals surface area contributed by atoms with E-state index < -0.39 is 55.4 Å². The molecule has 0 atom stereocenters. The first kappa shape index (κ1) is 19.2. The third kappa shape index (κ3) is 4.82. The predicted molar refractivity (Wildman–Crippen MR) is 75.0 cm³/mol. The molecule has 0 amide bonds. The third-order valence-electron chi connectivity index (χ3n) is 2.55. The minimum absolute atomic E-state index is 0.153. The van der Waals surface area contributed by atoms with Crippen LogP contribution >= 0.6 is 0 Å². The van der Waals surface area contributed by atoms with Crippen LogP contribution in [-0.4, -0.2) is 40.4 Å². The number of halogens is 3. The number of carboxylic acids is 1. The van der Waals surface area contributed by atoms with Crippen molar-refractivity contribution in [2.24, 2.45) is 0 Å². The summed E-state index contributed by atoms with van der Waals surface area (Å²) in [5, 5.41) is 8.62. The molecule has 1 N–H and O–H groups in total. The van der Waals surface area contributed by atoms with Crippen molar-refractivity contribution in [1.82, 2.24) is 0 Å². The van der Waals surface area contributed by atoms with Crippen LogP contribution in [0.2, 0.25) is 0 Å². The maximum absolute atomic E-state index is 13.0. The first-order valence-electron chi connectivity index (χ1n) is 5.76. The fraction of sp³-hybridized carbons (Fsp3) is 0.364. The molecule has 12 heteroatoms. The zero-order valence-electron chi connectivity index (χ0n) is 11.8. The Hall–Kier alpha value is -1.82. The van der Waals surface area contributed by atoms with E-state index in [4.69, 9.17) is 5.11 Å². The number of aliphatic carboxylic acids is 1. The lowest BCUT2D eigenvalue weighted by Crippen LogP contribution is -2.35. The SMILES string of the molecule is CS(=O)(=O)N(c1ccc(CC(=O)O)c(C(F)(F)F)c1)S(C)(=O)=O. The van der Waals surface area contributed by atoms with Gasteiger partial charge in [0.25, 0.3) is 0 Å². The number of rotatable bonds is 5. The Morgan fingerprint density at radius 1 is 1.13 bits per heavy atom. The van der Waals surface area contributed by atoms with Gasteiger partial charge >= 0.3 is 12.1 Å². The first-order valence-corrected chi connectivity index (χ1v) is 9.46. The zero-order valence-corrected chi connectivity index (χ0v) is 13.5. The van der Waals surface area contributed by atoms with Crippen LogP contribution in [-0.2, 0) is 37.4 Å². The van der Waals surface area contributed by atoms with E-state index in [9.17, 15) is 34.8 Å². The smallest absolute Gasteiger partial charge is 0.416 e. The summed E-state index contributed by atoms with van der Waals surface area (Å²) in [5.74, 6) is -1.52. The lowest BCUT2D eigenvalue weighted by atomic mass is 10.0. The van der Waals surface area contributed by atoms with Gasteiger partial charge in [0.15, 0.2) is 0 Å². The molecule has 0 heterocycles. The van der Waals surface area contributed by atoms with Crippen LogP contribution in [0, 0.1) is 0 Å². The molecule has 0 unspecified atom stereocenters. The molecule has 0 aliphatic carbocycles. The molecule has 0 aliphatic rings. The van der Waals surface area contributed by atoms with Crippen LogP contribution in [0.3, 0.4) is 0 Å². The summed E-state index contributed by atoms with van der Waals surface area (Å²) >= 11 is 0. The number of hydrogen-bond acceptors (Lipinski definition) is 5. The largest absolute Gasteiger partial charge is 0.481 e. The molecule has 1 aromatic rings. The van der Waals surface area contributed by atoms with Crippen molar-refractivity contribution in [2.45, 2.75) is 12.6 Å². The van der Waals surface area contributed by atoms with E-state index in [1.54, 1.807) is 0 Å². The third-order valence-corrected chi connectivity index (χ3v) is 5.81. The van der Waals surface area contributed by atoms with Gasteiger partial charge in [0.2, 0.25) is 20.0 Å². The highest BCUT2D eigenvalue weighted by molar-refractivity contribution is 8.09. The molecule has 0 saturated heterocycles. The van der Waals surface area contributed by atoms with Gasteiger partial charge < -0.3 is 5.11 Å². The fourth-order valence-corrected chi connectivity index (χ4v) is 4.85. The van der Waals surface area contributed by atoms with E-state index in [2.05, 4.69) is 0 Å². The molecule has 130 valence electrons. The number of benzene rings is 1. The zero-order chi connectivity index (χ0) is 18.2. The number of nitrogens with zero attached hydrogens (tertiary/aromatic N) is 1. The minimum Gasteiger partial charge on any atom is -0.481 e. The van der Waals surface area contributed by atoms with E-state index in [-0.39, 0.29) is 3.71 Å². The first-order chi connectivity index (χ1) is 10.1. The molecule has 7 nitrogen and oxygen atoms in total. The molecule has 1 aromatic carbocycles. The number of carbonyl (C=O) groups is 1. The van der Waals surface area contributed by atoms with Crippen molar-refractivity contribution in [2.75, 3.05) is 16.2 Å². The second-order valence-corrected chi connectivity index (χ2v) is 8.53. The van der Waals surface area contributed by atoms with Gasteiger partial charge in [-0.15, -0.1) is 0 Å². The Labute approximate surface area is 130 Å². The Morgan fingerprint density at radius 3 is 1.96 bits per heavy atom. The van der Waals surface area contributed by atoms with Gasteiger partial charge in [0.1, 0.15) is 0 Å². The monoisotopic (exact) mass is 375 g/mol. The highest BCUT2D eigenvalue weighted by Gasteiger charge is 2.36. The van der Waals surface area contributed by atoms with Crippen LogP contribution in [0.5, 0.6) is 0 Å². The van der Waals surface area contributed by atoms with E-state index in [1.165, 1.54) is 0 Å². The van der Waals surface area contributed by atoms with Gasteiger partial charge in [-0.25, -0.2) is 16.8 Å². The van der Waals surface area contributed by atoms with Gasteiger partial charge in [-0.05, 0) is 17.7 Å². The van der Waals surface area contributed by atoms with E-state index >= 15 is 0 Å². The molecule has 0 fully saturated rings. The summed E-state index contributed by atoms with van der Waals surface area (Å²) in [6.45, 7) is 0. The van der Waals surface area contributed by atoms with E-state index in [0.717, 1.165) is 12.1 Å². The average molecular weight is 375 g/mol. The standard InChI is InChI=1S/C11H12F3NO6S2/c1-22(18,19)15(23(2,20)21)8-4-3-7(5-10(16)17)9(6-8)11(12,13)14/h3-4,6H,5H2,1-2H3,(H,16,17). The fourth-order valence-electron chi connectivity index (χ4n) is 1.89. The summed E-state index contributed by atoms with van der Waals surface area (Å²) in [6, 6.07) is 1.83. The second kappa shape index (κ2) is 6.00. The van der Waals surface area contributed by atoms with Crippen molar-refractivity contribution < 1.29 is 39.9 Å². The number of alkyl halides is 3. The van der Waals surface area contributed by atoms with Gasteiger partial charge in [0.05, 0.1) is 30.2 Å². The number of sulfonamides is 2. The molecule has 0 radical (unpaired) electrons. The molecule has 0 saturated carbocycles. The Kier molecular flexibility index (Phi) is 5.01. The van der Waals surface area contributed by atoms with Crippen molar-refractivity contribution >= 4 is 31.7 Å². The summed E-state index contributed by atoms with van der Waals surface area (Å²) < 4.78 is 85.2. The normalized spacial score (nSPS) is 12.9. The second-order valence-electron chi connectivity index (χ2n) is 4.63. The Balaban J connectivity index is 3.66. The molecule has 0 spiro atoms. The topological polar surface area (TPSA) is 109 Å². The summed E-state index contributed by atoms with van der Waals surface area (Å²) in [4.78, 5) is 10.6. The summed E-state index contributed by atoms with van der Waals surface area (Å²) in [6.07, 6.45) is -4.90. The van der Waals surface area contributed by atoms with Crippen LogP contribution in [0.25, 0.3) is 0 Å². The van der Waals surface area contributed by atoms with Crippen molar-refractivity contribution in [3.8, 4) is 0 Å². The molecule has 23 heavy (non-hydrogen) atoms. The maximum Gasteiger partial charge on any atom is 0.416 e. The summed E-state index contributed by atoms with van der Waals surface area (Å²) in [7, 11) is -8.82. The summed E-state index contributed by atoms with van der Waals surface area (Å²) in [5.41, 5.74) is -2.79. The molecule has 1 rings (SSSR count).